The number of carbonyl (C=O) groups excluding carboxylic acids is 2. The highest BCUT2D eigenvalue weighted by molar-refractivity contribution is 8.00. The molecule has 1 unspecified atom stereocenters. The van der Waals surface area contributed by atoms with Gasteiger partial charge in [0, 0.05) is 25.6 Å². The third kappa shape index (κ3) is 4.38. The maximum absolute atomic E-state index is 12.2. The Hall–Kier alpha value is -1.36. The average Bonchev–Trinajstić information content (AvgIpc) is 2.54. The second-order valence-electron chi connectivity index (χ2n) is 7.83. The zero-order valence-electron chi connectivity index (χ0n) is 14.5. The van der Waals surface area contributed by atoms with Gasteiger partial charge < -0.3 is 5.32 Å². The van der Waals surface area contributed by atoms with Gasteiger partial charge in [0.15, 0.2) is 5.78 Å². The van der Waals surface area contributed by atoms with Crippen molar-refractivity contribution in [3.8, 4) is 0 Å². The fourth-order valence-electron chi connectivity index (χ4n) is 3.48. The number of nitrogens with zero attached hydrogens (tertiary/aromatic N) is 1. The Kier molecular flexibility index (Phi) is 5.28. The third-order valence-electron chi connectivity index (χ3n) is 5.25. The Balaban J connectivity index is 1.46. The van der Waals surface area contributed by atoms with Crippen LogP contribution in [0.15, 0.2) is 23.4 Å². The number of rotatable bonds is 4. The maximum Gasteiger partial charge on any atom is 0.221 e. The summed E-state index contributed by atoms with van der Waals surface area (Å²) < 4.78 is 0. The number of fused-ring (bicyclic) bond motifs is 1. The van der Waals surface area contributed by atoms with E-state index in [0.717, 1.165) is 17.1 Å². The van der Waals surface area contributed by atoms with Crippen molar-refractivity contribution in [2.45, 2.75) is 62.6 Å². The lowest BCUT2D eigenvalue weighted by Gasteiger charge is -2.34. The van der Waals surface area contributed by atoms with Crippen LogP contribution in [0, 0.1) is 11.3 Å². The number of pyridine rings is 1. The first kappa shape index (κ1) is 17.5. The lowest BCUT2D eigenvalue weighted by molar-refractivity contribution is -0.125. The molecule has 1 atom stereocenters. The third-order valence-corrected chi connectivity index (χ3v) is 6.55. The van der Waals surface area contributed by atoms with E-state index in [0.29, 0.717) is 17.8 Å². The number of Topliss-reactive ketones (excluding diaryl/α,β-unsaturated/α-hetero) is 1. The minimum atomic E-state index is -0.294. The molecule has 1 amide bonds. The monoisotopic (exact) mass is 346 g/mol. The standard InChI is InChI=1S/C19H26N2O2S/c1-19(2)7-5-13(6-8-19)12-21-17(23)11-16-15(22)10-14-4-3-9-20-18(14)24-16/h3-4,9,13,16H,5-8,10-12H2,1-2H3,(H,21,23). The molecule has 130 valence electrons. The second kappa shape index (κ2) is 7.26. The Morgan fingerprint density at radius 3 is 2.88 bits per heavy atom. The van der Waals surface area contributed by atoms with Gasteiger partial charge in [-0.15, -0.1) is 0 Å². The summed E-state index contributed by atoms with van der Waals surface area (Å²) in [6, 6.07) is 3.79. The summed E-state index contributed by atoms with van der Waals surface area (Å²) in [6.07, 6.45) is 7.22. The van der Waals surface area contributed by atoms with Gasteiger partial charge in [0.05, 0.1) is 5.25 Å². The zero-order chi connectivity index (χ0) is 17.2. The summed E-state index contributed by atoms with van der Waals surface area (Å²) in [5.74, 6) is 0.708. The lowest BCUT2D eigenvalue weighted by Crippen LogP contribution is -2.36. The molecular formula is C19H26N2O2S. The van der Waals surface area contributed by atoms with Gasteiger partial charge in [-0.1, -0.05) is 31.7 Å². The van der Waals surface area contributed by atoms with Crippen LogP contribution in [0.3, 0.4) is 0 Å². The molecule has 1 saturated carbocycles. The summed E-state index contributed by atoms with van der Waals surface area (Å²) in [5.41, 5.74) is 1.43. The molecular weight excluding hydrogens is 320 g/mol. The molecule has 0 spiro atoms. The highest BCUT2D eigenvalue weighted by atomic mass is 32.2. The topological polar surface area (TPSA) is 59.1 Å². The van der Waals surface area contributed by atoms with E-state index in [1.807, 2.05) is 12.1 Å². The molecule has 1 N–H and O–H groups in total. The Labute approximate surface area is 148 Å². The predicted octanol–water partition coefficient (Wildman–Crippen LogP) is 3.39. The smallest absolute Gasteiger partial charge is 0.221 e. The number of hydrogen-bond acceptors (Lipinski definition) is 4. The molecule has 3 rings (SSSR count). The van der Waals surface area contributed by atoms with Gasteiger partial charge in [0.1, 0.15) is 5.03 Å². The van der Waals surface area contributed by atoms with Crippen LogP contribution in [0.4, 0.5) is 0 Å². The van der Waals surface area contributed by atoms with Crippen molar-refractivity contribution in [2.75, 3.05) is 6.54 Å². The molecule has 2 heterocycles. The highest BCUT2D eigenvalue weighted by Crippen LogP contribution is 2.37. The normalized spacial score (nSPS) is 23.6. The van der Waals surface area contributed by atoms with Crippen LogP contribution in [0.25, 0.3) is 0 Å². The first-order valence-electron chi connectivity index (χ1n) is 8.83. The van der Waals surface area contributed by atoms with Crippen molar-refractivity contribution in [1.29, 1.82) is 0 Å². The number of nitrogens with one attached hydrogen (secondary N) is 1. The van der Waals surface area contributed by atoms with Gasteiger partial charge in [-0.25, -0.2) is 4.98 Å². The van der Waals surface area contributed by atoms with Crippen molar-refractivity contribution in [3.63, 3.8) is 0 Å². The van der Waals surface area contributed by atoms with E-state index < -0.39 is 0 Å². The number of ketones is 1. The summed E-state index contributed by atoms with van der Waals surface area (Å²) in [7, 11) is 0. The molecule has 1 aliphatic carbocycles. The fourth-order valence-corrected chi connectivity index (χ4v) is 4.62. The van der Waals surface area contributed by atoms with E-state index in [9.17, 15) is 9.59 Å². The van der Waals surface area contributed by atoms with E-state index in [-0.39, 0.29) is 23.4 Å². The minimum Gasteiger partial charge on any atom is -0.356 e. The van der Waals surface area contributed by atoms with Gasteiger partial charge in [-0.3, -0.25) is 9.59 Å². The summed E-state index contributed by atoms with van der Waals surface area (Å²) in [4.78, 5) is 28.8. The van der Waals surface area contributed by atoms with Crippen molar-refractivity contribution in [3.05, 3.63) is 23.9 Å². The summed E-state index contributed by atoms with van der Waals surface area (Å²) in [6.45, 7) is 5.38. The molecule has 1 fully saturated rings. The molecule has 4 nitrogen and oxygen atoms in total. The first-order chi connectivity index (χ1) is 11.4. The quantitative estimate of drug-likeness (QED) is 0.908. The molecule has 24 heavy (non-hydrogen) atoms. The van der Waals surface area contributed by atoms with E-state index in [2.05, 4.69) is 24.1 Å². The van der Waals surface area contributed by atoms with Gasteiger partial charge in [0.25, 0.3) is 0 Å². The Bertz CT molecular complexity index is 620. The molecule has 0 saturated heterocycles. The molecule has 0 aromatic carbocycles. The number of amides is 1. The summed E-state index contributed by atoms with van der Waals surface area (Å²) in [5, 5.41) is 3.65. The molecule has 2 aliphatic rings. The summed E-state index contributed by atoms with van der Waals surface area (Å²) >= 11 is 1.43. The number of hydrogen-bond donors (Lipinski definition) is 1. The molecule has 0 radical (unpaired) electrons. The fraction of sp³-hybridized carbons (Fsp3) is 0.632. The Morgan fingerprint density at radius 1 is 1.38 bits per heavy atom. The van der Waals surface area contributed by atoms with E-state index in [1.165, 1.54) is 37.4 Å². The van der Waals surface area contributed by atoms with Gasteiger partial charge in [0.2, 0.25) is 5.91 Å². The van der Waals surface area contributed by atoms with Gasteiger partial charge in [-0.05, 0) is 48.6 Å². The van der Waals surface area contributed by atoms with Crippen LogP contribution in [-0.4, -0.2) is 28.5 Å². The van der Waals surface area contributed by atoms with Gasteiger partial charge in [-0.2, -0.15) is 0 Å². The molecule has 0 bridgehead atoms. The zero-order valence-corrected chi connectivity index (χ0v) is 15.3. The van der Waals surface area contributed by atoms with Crippen LogP contribution in [0.2, 0.25) is 0 Å². The maximum atomic E-state index is 12.2. The molecule has 1 aliphatic heterocycles. The van der Waals surface area contributed by atoms with E-state index >= 15 is 0 Å². The van der Waals surface area contributed by atoms with Crippen molar-refractivity contribution in [1.82, 2.24) is 10.3 Å². The minimum absolute atomic E-state index is 0.00920. The Morgan fingerprint density at radius 2 is 2.12 bits per heavy atom. The second-order valence-corrected chi connectivity index (χ2v) is 9.02. The van der Waals surface area contributed by atoms with Gasteiger partial charge >= 0.3 is 0 Å². The number of aromatic nitrogens is 1. The average molecular weight is 346 g/mol. The largest absolute Gasteiger partial charge is 0.356 e. The number of thioether (sulfide) groups is 1. The lowest BCUT2D eigenvalue weighted by atomic mass is 9.73. The van der Waals surface area contributed by atoms with Crippen LogP contribution in [-0.2, 0) is 16.0 Å². The SMILES string of the molecule is CC1(C)CCC(CNC(=O)CC2Sc3ncccc3CC2=O)CC1. The molecule has 1 aromatic rings. The van der Waals surface area contributed by atoms with Crippen molar-refractivity contribution >= 4 is 23.5 Å². The predicted molar refractivity (Wildman–Crippen MR) is 96.0 cm³/mol. The van der Waals surface area contributed by atoms with Crippen LogP contribution in [0.1, 0.15) is 51.5 Å². The van der Waals surface area contributed by atoms with Crippen molar-refractivity contribution in [2.24, 2.45) is 11.3 Å². The van der Waals surface area contributed by atoms with Crippen LogP contribution >= 0.6 is 11.8 Å². The van der Waals surface area contributed by atoms with E-state index in [1.54, 1.807) is 6.20 Å². The molecule has 5 heteroatoms. The van der Waals surface area contributed by atoms with Crippen LogP contribution in [0.5, 0.6) is 0 Å². The first-order valence-corrected chi connectivity index (χ1v) is 9.71. The highest BCUT2D eigenvalue weighted by Gasteiger charge is 2.30. The van der Waals surface area contributed by atoms with Crippen molar-refractivity contribution < 1.29 is 9.59 Å². The molecule has 1 aromatic heterocycles. The number of carbonyl (C=O) groups is 2. The van der Waals surface area contributed by atoms with E-state index in [4.69, 9.17) is 0 Å². The van der Waals surface area contributed by atoms with Crippen LogP contribution < -0.4 is 5.32 Å².